The molecule has 0 saturated heterocycles. The summed E-state index contributed by atoms with van der Waals surface area (Å²) in [4.78, 5) is 29.4. The van der Waals surface area contributed by atoms with E-state index in [0.29, 0.717) is 11.4 Å². The van der Waals surface area contributed by atoms with Crippen LogP contribution in [0.15, 0.2) is 83.8 Å². The highest BCUT2D eigenvalue weighted by atomic mass is 35.5. The highest BCUT2D eigenvalue weighted by Gasteiger charge is 2.34. The first-order chi connectivity index (χ1) is 19.7. The number of carbonyl (C=O) groups is 2. The third-order valence-electron chi connectivity index (χ3n) is 7.65. The van der Waals surface area contributed by atoms with E-state index in [1.54, 1.807) is 36.4 Å². The molecule has 1 aliphatic carbocycles. The summed E-state index contributed by atoms with van der Waals surface area (Å²) >= 11 is 6.25. The van der Waals surface area contributed by atoms with Gasteiger partial charge in [0.1, 0.15) is 12.6 Å². The summed E-state index contributed by atoms with van der Waals surface area (Å²) in [6.45, 7) is 3.52. The number of sulfonamides is 1. The van der Waals surface area contributed by atoms with Crippen molar-refractivity contribution in [1.29, 1.82) is 0 Å². The monoisotopic (exact) mass is 595 g/mol. The van der Waals surface area contributed by atoms with Gasteiger partial charge < -0.3 is 10.2 Å². The Bertz CT molecular complexity index is 1440. The third kappa shape index (κ3) is 7.68. The van der Waals surface area contributed by atoms with Crippen LogP contribution in [0.1, 0.15) is 56.6 Å². The summed E-state index contributed by atoms with van der Waals surface area (Å²) in [5.74, 6) is -0.681. The number of nitrogens with zero attached hydrogens (tertiary/aromatic N) is 2. The molecule has 2 amide bonds. The van der Waals surface area contributed by atoms with Crippen molar-refractivity contribution in [2.45, 2.75) is 75.9 Å². The number of carbonyl (C=O) groups excluding carboxylic acids is 2. The van der Waals surface area contributed by atoms with Gasteiger partial charge in [-0.15, -0.1) is 0 Å². The van der Waals surface area contributed by atoms with Gasteiger partial charge >= 0.3 is 0 Å². The van der Waals surface area contributed by atoms with E-state index < -0.39 is 28.5 Å². The zero-order chi connectivity index (χ0) is 29.4. The molecular formula is C32H38ClN3O4S. The van der Waals surface area contributed by atoms with Gasteiger partial charge in [0.2, 0.25) is 11.8 Å². The lowest BCUT2D eigenvalue weighted by Gasteiger charge is -2.34. The Morgan fingerprint density at radius 2 is 1.63 bits per heavy atom. The highest BCUT2D eigenvalue weighted by Crippen LogP contribution is 2.27. The first kappa shape index (κ1) is 30.6. The van der Waals surface area contributed by atoms with Crippen LogP contribution in [0.3, 0.4) is 0 Å². The van der Waals surface area contributed by atoms with Crippen molar-refractivity contribution >= 4 is 39.1 Å². The fourth-order valence-electron chi connectivity index (χ4n) is 5.31. The van der Waals surface area contributed by atoms with Crippen LogP contribution >= 0.6 is 11.6 Å². The van der Waals surface area contributed by atoms with Crippen molar-refractivity contribution in [1.82, 2.24) is 10.2 Å². The Hall–Kier alpha value is -3.36. The van der Waals surface area contributed by atoms with Crippen molar-refractivity contribution in [2.24, 2.45) is 0 Å². The van der Waals surface area contributed by atoms with Gasteiger partial charge in [0.25, 0.3) is 10.0 Å². The van der Waals surface area contributed by atoms with Crippen LogP contribution in [0.2, 0.25) is 5.02 Å². The van der Waals surface area contributed by atoms with Crippen LogP contribution < -0.4 is 9.62 Å². The third-order valence-corrected chi connectivity index (χ3v) is 9.67. The zero-order valence-electron chi connectivity index (χ0n) is 23.6. The van der Waals surface area contributed by atoms with E-state index in [1.807, 2.05) is 38.1 Å². The van der Waals surface area contributed by atoms with E-state index in [9.17, 15) is 18.0 Å². The Labute approximate surface area is 248 Å². The molecule has 1 aliphatic rings. The Balaban J connectivity index is 1.71. The molecule has 0 heterocycles. The van der Waals surface area contributed by atoms with Crippen molar-refractivity contribution in [3.05, 3.63) is 95.0 Å². The summed E-state index contributed by atoms with van der Waals surface area (Å²) in [6.07, 6.45) is 5.53. The maximum Gasteiger partial charge on any atom is 0.264 e. The SMILES string of the molecule is CC[C@H](C(=O)NC1CCCCC1)N(Cc1ccccc1C)C(=O)CN(c1cccc(Cl)c1)S(=O)(=O)c1ccccc1. The summed E-state index contributed by atoms with van der Waals surface area (Å²) < 4.78 is 28.8. The van der Waals surface area contributed by atoms with E-state index in [1.165, 1.54) is 23.1 Å². The van der Waals surface area contributed by atoms with Gasteiger partial charge in [0.05, 0.1) is 10.6 Å². The summed E-state index contributed by atoms with van der Waals surface area (Å²) in [6, 6.07) is 21.4. The molecule has 9 heteroatoms. The maximum absolute atomic E-state index is 14.2. The minimum atomic E-state index is -4.13. The molecule has 0 unspecified atom stereocenters. The first-order valence-corrected chi connectivity index (χ1v) is 16.0. The molecule has 1 fully saturated rings. The van der Waals surface area contributed by atoms with E-state index in [0.717, 1.165) is 47.5 Å². The van der Waals surface area contributed by atoms with Gasteiger partial charge in [-0.2, -0.15) is 0 Å². The number of anilines is 1. The Morgan fingerprint density at radius 1 is 0.951 bits per heavy atom. The molecule has 0 aliphatic heterocycles. The van der Waals surface area contributed by atoms with Crippen molar-refractivity contribution in [3.63, 3.8) is 0 Å². The minimum Gasteiger partial charge on any atom is -0.352 e. The number of benzene rings is 3. The molecule has 4 rings (SSSR count). The summed E-state index contributed by atoms with van der Waals surface area (Å²) in [5.41, 5.74) is 2.15. The number of hydrogen-bond donors (Lipinski definition) is 1. The van der Waals surface area contributed by atoms with Gasteiger partial charge in [-0.05, 0) is 67.6 Å². The predicted octanol–water partition coefficient (Wildman–Crippen LogP) is 6.10. The average Bonchev–Trinajstić information content (AvgIpc) is 2.97. The van der Waals surface area contributed by atoms with Gasteiger partial charge in [-0.3, -0.25) is 13.9 Å². The number of rotatable bonds is 11. The lowest BCUT2D eigenvalue weighted by Crippen LogP contribution is -2.54. The minimum absolute atomic E-state index is 0.0558. The van der Waals surface area contributed by atoms with Crippen LogP contribution in [0.25, 0.3) is 0 Å². The summed E-state index contributed by atoms with van der Waals surface area (Å²) in [7, 11) is -4.13. The molecular weight excluding hydrogens is 558 g/mol. The van der Waals surface area contributed by atoms with Gasteiger partial charge in [-0.25, -0.2) is 8.42 Å². The molecule has 1 saturated carbocycles. The van der Waals surface area contributed by atoms with E-state index in [2.05, 4.69) is 5.32 Å². The molecule has 41 heavy (non-hydrogen) atoms. The molecule has 1 atom stereocenters. The number of hydrogen-bond acceptors (Lipinski definition) is 4. The van der Waals surface area contributed by atoms with E-state index in [4.69, 9.17) is 11.6 Å². The summed E-state index contributed by atoms with van der Waals surface area (Å²) in [5, 5.41) is 3.52. The smallest absolute Gasteiger partial charge is 0.264 e. The number of amides is 2. The fraction of sp³-hybridized carbons (Fsp3) is 0.375. The predicted molar refractivity (Wildman–Crippen MR) is 163 cm³/mol. The van der Waals surface area contributed by atoms with Crippen molar-refractivity contribution in [2.75, 3.05) is 10.8 Å². The van der Waals surface area contributed by atoms with E-state index >= 15 is 0 Å². The van der Waals surface area contributed by atoms with E-state index in [-0.39, 0.29) is 29.1 Å². The molecule has 0 bridgehead atoms. The largest absolute Gasteiger partial charge is 0.352 e. The number of aryl methyl sites for hydroxylation is 1. The lowest BCUT2D eigenvalue weighted by molar-refractivity contribution is -0.140. The second-order valence-electron chi connectivity index (χ2n) is 10.5. The highest BCUT2D eigenvalue weighted by molar-refractivity contribution is 7.92. The Kier molecular flexibility index (Phi) is 10.5. The lowest BCUT2D eigenvalue weighted by atomic mass is 9.95. The normalized spacial score (nSPS) is 14.7. The van der Waals surface area contributed by atoms with Crippen molar-refractivity contribution < 1.29 is 18.0 Å². The molecule has 0 radical (unpaired) electrons. The zero-order valence-corrected chi connectivity index (χ0v) is 25.2. The molecule has 3 aromatic rings. The number of nitrogens with one attached hydrogen (secondary N) is 1. The van der Waals surface area contributed by atoms with Crippen LogP contribution in [0, 0.1) is 6.92 Å². The number of halogens is 1. The molecule has 0 spiro atoms. The maximum atomic E-state index is 14.2. The van der Waals surface area contributed by atoms with Crippen LogP contribution in [0.4, 0.5) is 5.69 Å². The van der Waals surface area contributed by atoms with Crippen LogP contribution in [-0.2, 0) is 26.2 Å². The Morgan fingerprint density at radius 3 is 2.29 bits per heavy atom. The standard InChI is InChI=1S/C32H38ClN3O4S/c1-3-30(32(38)34-27-16-6-4-7-17-27)35(22-25-14-11-10-13-24(25)2)31(37)23-36(28-18-12-15-26(33)21-28)41(39,40)29-19-8-5-9-20-29/h5,8-15,18-21,27,30H,3-4,6-7,16-17,22-23H2,1-2H3,(H,34,38)/t30-/m1/s1. The molecule has 3 aromatic carbocycles. The topological polar surface area (TPSA) is 86.8 Å². The molecule has 218 valence electrons. The second kappa shape index (κ2) is 14.0. The molecule has 7 nitrogen and oxygen atoms in total. The molecule has 0 aromatic heterocycles. The average molecular weight is 596 g/mol. The second-order valence-corrected chi connectivity index (χ2v) is 12.8. The van der Waals surface area contributed by atoms with Gasteiger partial charge in [0.15, 0.2) is 0 Å². The first-order valence-electron chi connectivity index (χ1n) is 14.2. The van der Waals surface area contributed by atoms with Gasteiger partial charge in [-0.1, -0.05) is 86.3 Å². The fourth-order valence-corrected chi connectivity index (χ4v) is 6.93. The van der Waals surface area contributed by atoms with Crippen LogP contribution in [-0.4, -0.2) is 43.8 Å². The quantitative estimate of drug-likeness (QED) is 0.290. The van der Waals surface area contributed by atoms with Gasteiger partial charge in [0, 0.05) is 17.6 Å². The van der Waals surface area contributed by atoms with Crippen molar-refractivity contribution in [3.8, 4) is 0 Å². The van der Waals surface area contributed by atoms with Crippen LogP contribution in [0.5, 0.6) is 0 Å². The molecule has 1 N–H and O–H groups in total.